The maximum Gasteiger partial charge on any atom is 0.257 e. The molecule has 1 aliphatic carbocycles. The predicted molar refractivity (Wildman–Crippen MR) is 86.7 cm³/mol. The highest BCUT2D eigenvalue weighted by Crippen LogP contribution is 2.34. The molecule has 0 bridgehead atoms. The van der Waals surface area contributed by atoms with E-state index in [1.54, 1.807) is 6.20 Å². The average molecular weight is 329 g/mol. The number of aromatic nitrogens is 4. The van der Waals surface area contributed by atoms with Gasteiger partial charge in [0.2, 0.25) is 5.89 Å². The number of hydrogen-bond donors (Lipinski definition) is 1. The first-order valence-corrected chi connectivity index (χ1v) is 8.85. The molecule has 4 rings (SSSR count). The third-order valence-corrected chi connectivity index (χ3v) is 5.28. The molecule has 1 amide bonds. The monoisotopic (exact) mass is 329 g/mol. The molecular formula is C17H23N5O2. The van der Waals surface area contributed by atoms with Gasteiger partial charge in [-0.3, -0.25) is 9.89 Å². The quantitative estimate of drug-likeness (QED) is 0.935. The Morgan fingerprint density at radius 2 is 2.08 bits per heavy atom. The average Bonchev–Trinajstić information content (AvgIpc) is 3.35. The summed E-state index contributed by atoms with van der Waals surface area (Å²) in [6.07, 6.45) is 8.61. The van der Waals surface area contributed by atoms with Gasteiger partial charge in [0, 0.05) is 19.0 Å². The van der Waals surface area contributed by atoms with Crippen LogP contribution in [0.4, 0.5) is 0 Å². The van der Waals surface area contributed by atoms with E-state index in [1.807, 2.05) is 11.8 Å². The van der Waals surface area contributed by atoms with Crippen molar-refractivity contribution in [3.8, 4) is 0 Å². The topological polar surface area (TPSA) is 87.9 Å². The number of carbonyl (C=O) groups is 1. The first-order valence-electron chi connectivity index (χ1n) is 8.85. The van der Waals surface area contributed by atoms with Gasteiger partial charge in [-0.2, -0.15) is 10.1 Å². The second kappa shape index (κ2) is 6.37. The Balaban J connectivity index is 1.48. The van der Waals surface area contributed by atoms with Crippen molar-refractivity contribution in [2.75, 3.05) is 13.1 Å². The van der Waals surface area contributed by atoms with Gasteiger partial charge in [0.05, 0.1) is 23.4 Å². The number of likely N-dealkylation sites (tertiary alicyclic amines) is 1. The van der Waals surface area contributed by atoms with E-state index in [0.717, 1.165) is 37.1 Å². The van der Waals surface area contributed by atoms with Crippen LogP contribution in [0.2, 0.25) is 0 Å². The van der Waals surface area contributed by atoms with Crippen molar-refractivity contribution in [3.63, 3.8) is 0 Å². The van der Waals surface area contributed by atoms with E-state index < -0.39 is 0 Å². The minimum absolute atomic E-state index is 0.0723. The van der Waals surface area contributed by atoms with Crippen LogP contribution >= 0.6 is 0 Å². The number of H-pyrrole nitrogens is 1. The second-order valence-corrected chi connectivity index (χ2v) is 6.95. The van der Waals surface area contributed by atoms with Crippen LogP contribution in [0.25, 0.3) is 0 Å². The third-order valence-electron chi connectivity index (χ3n) is 5.28. The van der Waals surface area contributed by atoms with Crippen molar-refractivity contribution < 1.29 is 9.32 Å². The SMILES string of the molecule is Cc1noc([C@@H]2CCN(C(=O)c3cn[nH]c3C3CCCCC3)C2)n1. The molecule has 24 heavy (non-hydrogen) atoms. The lowest BCUT2D eigenvalue weighted by Gasteiger charge is -2.22. The smallest absolute Gasteiger partial charge is 0.257 e. The van der Waals surface area contributed by atoms with Gasteiger partial charge in [0.1, 0.15) is 0 Å². The highest BCUT2D eigenvalue weighted by molar-refractivity contribution is 5.95. The van der Waals surface area contributed by atoms with Crippen molar-refractivity contribution in [3.05, 3.63) is 29.2 Å². The maximum absolute atomic E-state index is 13.0. The summed E-state index contributed by atoms with van der Waals surface area (Å²) in [5.74, 6) is 1.94. The minimum atomic E-state index is 0.0723. The molecule has 0 spiro atoms. The number of aryl methyl sites for hydroxylation is 1. The second-order valence-electron chi connectivity index (χ2n) is 6.95. The molecule has 2 aromatic rings. The molecule has 128 valence electrons. The fourth-order valence-electron chi connectivity index (χ4n) is 3.96. The van der Waals surface area contributed by atoms with Crippen LogP contribution in [0, 0.1) is 6.92 Å². The molecule has 2 fully saturated rings. The molecule has 0 aromatic carbocycles. The van der Waals surface area contributed by atoms with Crippen LogP contribution in [0.5, 0.6) is 0 Å². The highest BCUT2D eigenvalue weighted by Gasteiger charge is 2.33. The van der Waals surface area contributed by atoms with Gasteiger partial charge >= 0.3 is 0 Å². The van der Waals surface area contributed by atoms with E-state index in [4.69, 9.17) is 4.52 Å². The molecule has 1 saturated carbocycles. The molecular weight excluding hydrogens is 306 g/mol. The number of carbonyl (C=O) groups excluding carboxylic acids is 1. The molecule has 1 N–H and O–H groups in total. The van der Waals surface area contributed by atoms with Crippen molar-refractivity contribution in [2.45, 2.75) is 57.3 Å². The summed E-state index contributed by atoms with van der Waals surface area (Å²) in [4.78, 5) is 19.1. The summed E-state index contributed by atoms with van der Waals surface area (Å²) in [6.45, 7) is 3.17. The van der Waals surface area contributed by atoms with Crippen LogP contribution < -0.4 is 0 Å². The first kappa shape index (κ1) is 15.4. The van der Waals surface area contributed by atoms with Crippen LogP contribution in [0.15, 0.2) is 10.7 Å². The Kier molecular flexibility index (Phi) is 4.08. The van der Waals surface area contributed by atoms with Gasteiger partial charge in [0.25, 0.3) is 5.91 Å². The lowest BCUT2D eigenvalue weighted by Crippen LogP contribution is -2.29. The van der Waals surface area contributed by atoms with Gasteiger partial charge < -0.3 is 9.42 Å². The number of amides is 1. The Labute approximate surface area is 140 Å². The lowest BCUT2D eigenvalue weighted by atomic mass is 9.85. The Hall–Kier alpha value is -2.18. The zero-order valence-corrected chi connectivity index (χ0v) is 14.0. The molecule has 0 radical (unpaired) electrons. The van der Waals surface area contributed by atoms with E-state index in [0.29, 0.717) is 24.2 Å². The Morgan fingerprint density at radius 1 is 1.25 bits per heavy atom. The summed E-state index contributed by atoms with van der Waals surface area (Å²) in [6, 6.07) is 0. The largest absolute Gasteiger partial charge is 0.339 e. The van der Waals surface area contributed by atoms with E-state index in [1.165, 1.54) is 19.3 Å². The number of rotatable bonds is 3. The van der Waals surface area contributed by atoms with Gasteiger partial charge in [-0.1, -0.05) is 24.4 Å². The Morgan fingerprint density at radius 3 is 2.83 bits per heavy atom. The third kappa shape index (κ3) is 2.83. The molecule has 1 aliphatic heterocycles. The fourth-order valence-corrected chi connectivity index (χ4v) is 3.96. The van der Waals surface area contributed by atoms with Crippen LogP contribution in [-0.2, 0) is 0 Å². The van der Waals surface area contributed by atoms with E-state index in [9.17, 15) is 4.79 Å². The van der Waals surface area contributed by atoms with E-state index >= 15 is 0 Å². The zero-order valence-electron chi connectivity index (χ0n) is 14.0. The summed E-state index contributed by atoms with van der Waals surface area (Å²) in [7, 11) is 0. The van der Waals surface area contributed by atoms with Crippen molar-refractivity contribution in [2.24, 2.45) is 0 Å². The van der Waals surface area contributed by atoms with E-state index in [-0.39, 0.29) is 11.8 Å². The van der Waals surface area contributed by atoms with Crippen LogP contribution in [-0.4, -0.2) is 44.2 Å². The van der Waals surface area contributed by atoms with E-state index in [2.05, 4.69) is 20.3 Å². The fraction of sp³-hybridized carbons (Fsp3) is 0.647. The molecule has 2 aliphatic rings. The lowest BCUT2D eigenvalue weighted by molar-refractivity contribution is 0.0787. The predicted octanol–water partition coefficient (Wildman–Crippen LogP) is 2.78. The number of hydrogen-bond acceptors (Lipinski definition) is 5. The van der Waals surface area contributed by atoms with Crippen molar-refractivity contribution in [1.29, 1.82) is 0 Å². The zero-order chi connectivity index (χ0) is 16.5. The van der Waals surface area contributed by atoms with Gasteiger partial charge in [0.15, 0.2) is 5.82 Å². The van der Waals surface area contributed by atoms with Crippen molar-refractivity contribution >= 4 is 5.91 Å². The normalized spacial score (nSPS) is 22.2. The molecule has 7 heteroatoms. The molecule has 3 heterocycles. The molecule has 7 nitrogen and oxygen atoms in total. The molecule has 0 unspecified atom stereocenters. The molecule has 2 aromatic heterocycles. The van der Waals surface area contributed by atoms with Gasteiger partial charge in [-0.05, 0) is 26.2 Å². The first-order chi connectivity index (χ1) is 11.7. The number of nitrogens with one attached hydrogen (secondary N) is 1. The summed E-state index contributed by atoms with van der Waals surface area (Å²) in [5, 5.41) is 11.1. The number of aromatic amines is 1. The Bertz CT molecular complexity index is 716. The highest BCUT2D eigenvalue weighted by atomic mass is 16.5. The van der Waals surface area contributed by atoms with Crippen LogP contribution in [0.3, 0.4) is 0 Å². The maximum atomic E-state index is 13.0. The van der Waals surface area contributed by atoms with Gasteiger partial charge in [-0.15, -0.1) is 0 Å². The van der Waals surface area contributed by atoms with Crippen molar-refractivity contribution in [1.82, 2.24) is 25.2 Å². The van der Waals surface area contributed by atoms with Gasteiger partial charge in [-0.25, -0.2) is 0 Å². The summed E-state index contributed by atoms with van der Waals surface area (Å²) >= 11 is 0. The minimum Gasteiger partial charge on any atom is -0.339 e. The standard InChI is InChI=1S/C17H23N5O2/c1-11-19-16(24-21-11)13-7-8-22(10-13)17(23)14-9-18-20-15(14)12-5-3-2-4-6-12/h9,12-13H,2-8,10H2,1H3,(H,18,20)/t13-/m1/s1. The molecule has 1 saturated heterocycles. The molecule has 1 atom stereocenters. The summed E-state index contributed by atoms with van der Waals surface area (Å²) < 4.78 is 5.27. The summed E-state index contributed by atoms with van der Waals surface area (Å²) in [5.41, 5.74) is 1.76. The van der Waals surface area contributed by atoms with Crippen LogP contribution in [0.1, 0.15) is 78.1 Å². The number of nitrogens with zero attached hydrogens (tertiary/aromatic N) is 4.